The Morgan fingerprint density at radius 1 is 0.833 bits per heavy atom. The largest absolute Gasteiger partial charge is 2.00 e. The second kappa shape index (κ2) is 31.6. The Labute approximate surface area is 79.8 Å². The minimum absolute atomic E-state index is 0. The first-order valence-corrected chi connectivity index (χ1v) is 1.82. The van der Waals surface area contributed by atoms with Crippen LogP contribution in [0.3, 0.4) is 0 Å². The van der Waals surface area contributed by atoms with Crippen molar-refractivity contribution in [3.05, 3.63) is 0 Å². The minimum Gasteiger partial charge on any atom is -0.550 e. The van der Waals surface area contributed by atoms with Crippen molar-refractivity contribution < 1.29 is 53.3 Å². The Kier molecular flexibility index (Phi) is 112. The normalized spacial score (nSPS) is 4.17. The molecule has 8 heteroatoms. The number of rotatable bonds is 0. The van der Waals surface area contributed by atoms with Gasteiger partial charge in [0.2, 0.25) is 0 Å². The molecule has 0 aliphatic rings. The zero-order valence-corrected chi connectivity index (χ0v) is 7.59. The molecule has 0 spiro atoms. The number of hydrogen-bond donors (Lipinski definition) is 0. The molecule has 6 N–H and O–H groups in total. The third-order valence-electron chi connectivity index (χ3n) is 0. The Hall–Kier alpha value is -0.661. The fourth-order valence-corrected chi connectivity index (χ4v) is 0. The van der Waals surface area contributed by atoms with E-state index < -0.39 is 11.9 Å². The molecule has 0 aromatic heterocycles. The zero-order valence-electron chi connectivity index (χ0n) is 6.49. The van der Waals surface area contributed by atoms with Gasteiger partial charge in [-0.05, 0) is 13.8 Å². The SMILES string of the molecule is CC(=O)[O-].CC(=O)[O-].O.O.O.[Fe+2]. The molecule has 0 saturated carbocycles. The van der Waals surface area contributed by atoms with E-state index in [0.29, 0.717) is 0 Å². The van der Waals surface area contributed by atoms with Gasteiger partial charge in [-0.2, -0.15) is 0 Å². The van der Waals surface area contributed by atoms with E-state index in [4.69, 9.17) is 19.8 Å². The topological polar surface area (TPSA) is 175 Å². The van der Waals surface area contributed by atoms with Gasteiger partial charge in [-0.1, -0.05) is 0 Å². The van der Waals surface area contributed by atoms with Crippen molar-refractivity contribution in [3.63, 3.8) is 0 Å². The van der Waals surface area contributed by atoms with Crippen LogP contribution in [0.15, 0.2) is 0 Å². The van der Waals surface area contributed by atoms with Crippen molar-refractivity contribution in [2.24, 2.45) is 0 Å². The third kappa shape index (κ3) is 1490. The van der Waals surface area contributed by atoms with E-state index >= 15 is 0 Å². The number of carbonyl (C=O) groups excluding carboxylic acids is 2. The molecule has 12 heavy (non-hydrogen) atoms. The van der Waals surface area contributed by atoms with Crippen LogP contribution in [0.5, 0.6) is 0 Å². The van der Waals surface area contributed by atoms with Gasteiger partial charge in [0, 0.05) is 11.9 Å². The van der Waals surface area contributed by atoms with Crippen molar-refractivity contribution in [3.8, 4) is 0 Å². The molecule has 0 aromatic carbocycles. The van der Waals surface area contributed by atoms with Gasteiger partial charge in [0.1, 0.15) is 0 Å². The summed E-state index contributed by atoms with van der Waals surface area (Å²) in [5.41, 5.74) is 0. The van der Waals surface area contributed by atoms with E-state index in [1.165, 1.54) is 0 Å². The van der Waals surface area contributed by atoms with Crippen molar-refractivity contribution in [2.75, 3.05) is 0 Å². The second-order valence-electron chi connectivity index (χ2n) is 0.983. The van der Waals surface area contributed by atoms with Gasteiger partial charge in [0.05, 0.1) is 0 Å². The molecule has 78 valence electrons. The van der Waals surface area contributed by atoms with Gasteiger partial charge >= 0.3 is 17.1 Å². The van der Waals surface area contributed by atoms with Gasteiger partial charge in [0.25, 0.3) is 0 Å². The van der Waals surface area contributed by atoms with E-state index in [1.54, 1.807) is 0 Å². The summed E-state index contributed by atoms with van der Waals surface area (Å²) in [6.07, 6.45) is 0. The molecule has 0 aliphatic heterocycles. The Balaban J connectivity index is -0.0000000112. The predicted molar refractivity (Wildman–Crippen MR) is 32.2 cm³/mol. The predicted octanol–water partition coefficient (Wildman–Crippen LogP) is -4.96. The van der Waals surface area contributed by atoms with Gasteiger partial charge in [-0.15, -0.1) is 0 Å². The fraction of sp³-hybridized carbons (Fsp3) is 0.500. The monoisotopic (exact) mass is 228 g/mol. The fourth-order valence-electron chi connectivity index (χ4n) is 0. The van der Waals surface area contributed by atoms with Crippen molar-refractivity contribution in [1.82, 2.24) is 0 Å². The average molecular weight is 228 g/mol. The molecular formula is C4H12FeO7. The zero-order chi connectivity index (χ0) is 7.15. The van der Waals surface area contributed by atoms with Crippen LogP contribution >= 0.6 is 0 Å². The molecule has 0 rings (SSSR count). The van der Waals surface area contributed by atoms with Crippen molar-refractivity contribution in [2.45, 2.75) is 13.8 Å². The smallest absolute Gasteiger partial charge is 0.550 e. The molecule has 0 bridgehead atoms. The van der Waals surface area contributed by atoms with Crippen LogP contribution in [-0.2, 0) is 26.7 Å². The molecular weight excluding hydrogens is 216 g/mol. The molecule has 0 saturated heterocycles. The summed E-state index contributed by atoms with van der Waals surface area (Å²) in [6.45, 7) is 1.94. The molecule has 0 amide bonds. The van der Waals surface area contributed by atoms with Gasteiger partial charge in [-0.3, -0.25) is 0 Å². The average Bonchev–Trinajstić information content (AvgIpc) is 1.25. The van der Waals surface area contributed by atoms with Crippen LogP contribution in [0.1, 0.15) is 13.8 Å². The van der Waals surface area contributed by atoms with Gasteiger partial charge < -0.3 is 36.2 Å². The Morgan fingerprint density at radius 3 is 0.833 bits per heavy atom. The summed E-state index contributed by atoms with van der Waals surface area (Å²) >= 11 is 0. The quantitative estimate of drug-likeness (QED) is 0.377. The number of aliphatic carboxylic acids is 2. The van der Waals surface area contributed by atoms with Crippen molar-refractivity contribution >= 4 is 11.9 Å². The molecule has 0 fully saturated rings. The number of hydrogen-bond acceptors (Lipinski definition) is 4. The Bertz CT molecular complexity index is 73.4. The molecule has 0 aromatic rings. The maximum Gasteiger partial charge on any atom is 2.00 e. The summed E-state index contributed by atoms with van der Waals surface area (Å²) < 4.78 is 0. The van der Waals surface area contributed by atoms with E-state index in [2.05, 4.69) is 0 Å². The first-order valence-electron chi connectivity index (χ1n) is 1.82. The molecule has 0 unspecified atom stereocenters. The summed E-state index contributed by atoms with van der Waals surface area (Å²) in [5.74, 6) is -2.17. The van der Waals surface area contributed by atoms with Crippen LogP contribution in [0.4, 0.5) is 0 Å². The van der Waals surface area contributed by atoms with E-state index in [9.17, 15) is 0 Å². The molecule has 0 heterocycles. The number of carbonyl (C=O) groups is 2. The molecule has 0 radical (unpaired) electrons. The maximum absolute atomic E-state index is 8.89. The first-order chi connectivity index (χ1) is 3.46. The minimum atomic E-state index is -1.08. The number of carboxylic acids is 2. The summed E-state index contributed by atoms with van der Waals surface area (Å²) in [6, 6.07) is 0. The standard InChI is InChI=1S/2C2H4O2.Fe.3H2O/c2*1-2(3)4;;;;/h2*1H3,(H,3,4);;3*1H2/q;;+2;;;/p-2. The van der Waals surface area contributed by atoms with E-state index in [0.717, 1.165) is 13.8 Å². The second-order valence-corrected chi connectivity index (χ2v) is 0.983. The van der Waals surface area contributed by atoms with Crippen LogP contribution in [0.25, 0.3) is 0 Å². The molecule has 0 atom stereocenters. The van der Waals surface area contributed by atoms with Gasteiger partial charge in [-0.25, -0.2) is 0 Å². The van der Waals surface area contributed by atoms with E-state index in [-0.39, 0.29) is 33.5 Å². The molecule has 0 aliphatic carbocycles. The van der Waals surface area contributed by atoms with Gasteiger partial charge in [0.15, 0.2) is 0 Å². The van der Waals surface area contributed by atoms with Crippen molar-refractivity contribution in [1.29, 1.82) is 0 Å². The summed E-state index contributed by atoms with van der Waals surface area (Å²) in [7, 11) is 0. The Morgan fingerprint density at radius 2 is 0.833 bits per heavy atom. The maximum atomic E-state index is 8.89. The van der Waals surface area contributed by atoms with Crippen LogP contribution in [0.2, 0.25) is 0 Å². The van der Waals surface area contributed by atoms with Crippen LogP contribution < -0.4 is 10.2 Å². The third-order valence-corrected chi connectivity index (χ3v) is 0. The van der Waals surface area contributed by atoms with Crippen LogP contribution in [0, 0.1) is 0 Å². The number of carboxylic acid groups (broad SMARTS) is 2. The summed E-state index contributed by atoms with van der Waals surface area (Å²) in [5, 5.41) is 17.8. The first kappa shape index (κ1) is 42.5. The van der Waals surface area contributed by atoms with Crippen LogP contribution in [-0.4, -0.2) is 28.4 Å². The summed E-state index contributed by atoms with van der Waals surface area (Å²) in [4.78, 5) is 17.8. The molecule has 7 nitrogen and oxygen atoms in total. The van der Waals surface area contributed by atoms with E-state index in [1.807, 2.05) is 0 Å².